The molecule has 0 atom stereocenters. The minimum Gasteiger partial charge on any atom is -0.382 e. The highest BCUT2D eigenvalue weighted by atomic mass is 32.1. The van der Waals surface area contributed by atoms with Gasteiger partial charge in [0.25, 0.3) is 0 Å². The van der Waals surface area contributed by atoms with Gasteiger partial charge in [0.05, 0.1) is 5.56 Å². The largest absolute Gasteiger partial charge is 0.382 e. The van der Waals surface area contributed by atoms with Crippen LogP contribution in [0.2, 0.25) is 0 Å². The molecule has 0 saturated carbocycles. The van der Waals surface area contributed by atoms with E-state index in [4.69, 9.17) is 10.5 Å². The molecule has 0 spiro atoms. The van der Waals surface area contributed by atoms with Crippen LogP contribution >= 0.6 is 22.9 Å². The number of anilines is 2. The zero-order chi connectivity index (χ0) is 13.7. The molecule has 3 N–H and O–H groups in total. The fourth-order valence-corrected chi connectivity index (χ4v) is 3.28. The summed E-state index contributed by atoms with van der Waals surface area (Å²) < 4.78 is 9.52. The predicted molar refractivity (Wildman–Crippen MR) is 82.0 cm³/mol. The summed E-state index contributed by atoms with van der Waals surface area (Å²) in [5.41, 5.74) is 7.87. The van der Waals surface area contributed by atoms with Gasteiger partial charge < -0.3 is 15.8 Å². The van der Waals surface area contributed by atoms with Crippen LogP contribution in [-0.4, -0.2) is 29.1 Å². The van der Waals surface area contributed by atoms with Crippen LogP contribution in [0.5, 0.6) is 0 Å². The van der Waals surface area contributed by atoms with Crippen molar-refractivity contribution in [1.29, 1.82) is 0 Å². The minimum atomic E-state index is 0.548. The van der Waals surface area contributed by atoms with E-state index in [1.807, 2.05) is 19.2 Å². The van der Waals surface area contributed by atoms with Crippen LogP contribution in [0.15, 0.2) is 5.38 Å². The lowest BCUT2D eigenvalue weighted by molar-refractivity contribution is 0.147. The molecule has 5 nitrogen and oxygen atoms in total. The SMILES string of the molecule is CCOCCCNc1snc(N)c1-c1nc(C)cs1. The Morgan fingerprint density at radius 2 is 2.32 bits per heavy atom. The van der Waals surface area contributed by atoms with Gasteiger partial charge >= 0.3 is 0 Å². The second-order valence-corrected chi connectivity index (χ2v) is 5.67. The van der Waals surface area contributed by atoms with E-state index in [2.05, 4.69) is 14.7 Å². The Hall–Kier alpha value is -1.18. The van der Waals surface area contributed by atoms with Crippen molar-refractivity contribution in [2.24, 2.45) is 0 Å². The first-order valence-corrected chi connectivity index (χ1v) is 7.87. The van der Waals surface area contributed by atoms with E-state index in [1.165, 1.54) is 11.5 Å². The number of nitrogens with two attached hydrogens (primary N) is 1. The standard InChI is InChI=1S/C12H18N4OS2/c1-3-17-6-4-5-14-11-9(10(13)16-19-11)12-15-8(2)7-18-12/h7,14H,3-6H2,1-2H3,(H2,13,16). The Bertz CT molecular complexity index is 524. The van der Waals surface area contributed by atoms with Gasteiger partial charge in [-0.1, -0.05) is 0 Å². The number of nitrogens with one attached hydrogen (secondary N) is 1. The van der Waals surface area contributed by atoms with Crippen LogP contribution in [0, 0.1) is 6.92 Å². The number of aryl methyl sites for hydroxylation is 1. The number of ether oxygens (including phenoxy) is 1. The number of aromatic nitrogens is 2. The molecular weight excluding hydrogens is 280 g/mol. The third-order valence-corrected chi connectivity index (χ3v) is 4.30. The Balaban J connectivity index is 2.02. The maximum absolute atomic E-state index is 5.94. The molecule has 0 saturated heterocycles. The molecule has 0 aliphatic heterocycles. The highest BCUT2D eigenvalue weighted by Crippen LogP contribution is 2.38. The van der Waals surface area contributed by atoms with E-state index in [1.54, 1.807) is 11.3 Å². The average molecular weight is 298 g/mol. The molecule has 2 aromatic heterocycles. The van der Waals surface area contributed by atoms with Crippen LogP contribution in [0.1, 0.15) is 19.0 Å². The molecule has 19 heavy (non-hydrogen) atoms. The molecule has 7 heteroatoms. The van der Waals surface area contributed by atoms with E-state index in [0.717, 1.165) is 47.4 Å². The lowest BCUT2D eigenvalue weighted by Gasteiger charge is -2.05. The number of hydrogen-bond acceptors (Lipinski definition) is 7. The summed E-state index contributed by atoms with van der Waals surface area (Å²) in [4.78, 5) is 4.47. The summed E-state index contributed by atoms with van der Waals surface area (Å²) >= 11 is 2.98. The quantitative estimate of drug-likeness (QED) is 0.769. The van der Waals surface area contributed by atoms with Gasteiger partial charge in [-0.05, 0) is 31.8 Å². The molecule has 0 aliphatic carbocycles. The maximum Gasteiger partial charge on any atom is 0.149 e. The Morgan fingerprint density at radius 3 is 3.00 bits per heavy atom. The summed E-state index contributed by atoms with van der Waals surface area (Å²) in [6, 6.07) is 0. The number of thiazole rings is 1. The first-order valence-electron chi connectivity index (χ1n) is 6.21. The first kappa shape index (κ1) is 14.2. The average Bonchev–Trinajstić information content (AvgIpc) is 2.95. The highest BCUT2D eigenvalue weighted by Gasteiger charge is 2.16. The number of hydrogen-bond donors (Lipinski definition) is 2. The molecule has 2 aromatic rings. The van der Waals surface area contributed by atoms with Crippen molar-refractivity contribution < 1.29 is 4.74 Å². The Labute approximate surface area is 121 Å². The van der Waals surface area contributed by atoms with Crippen LogP contribution in [0.25, 0.3) is 10.6 Å². The van der Waals surface area contributed by atoms with Crippen molar-refractivity contribution in [2.45, 2.75) is 20.3 Å². The monoisotopic (exact) mass is 298 g/mol. The van der Waals surface area contributed by atoms with E-state index in [-0.39, 0.29) is 0 Å². The van der Waals surface area contributed by atoms with Gasteiger partial charge in [0, 0.05) is 30.8 Å². The summed E-state index contributed by atoms with van der Waals surface area (Å²) in [6.45, 7) is 6.35. The molecule has 0 aromatic carbocycles. The first-order chi connectivity index (χ1) is 9.22. The number of rotatable bonds is 7. The molecule has 104 valence electrons. The van der Waals surface area contributed by atoms with Crippen LogP contribution < -0.4 is 11.1 Å². The van der Waals surface area contributed by atoms with Gasteiger partial charge in [0.15, 0.2) is 0 Å². The second kappa shape index (κ2) is 6.83. The molecule has 2 rings (SSSR count). The van der Waals surface area contributed by atoms with Crippen molar-refractivity contribution in [3.05, 3.63) is 11.1 Å². The van der Waals surface area contributed by atoms with Crippen LogP contribution in [0.3, 0.4) is 0 Å². The summed E-state index contributed by atoms with van der Waals surface area (Å²) in [5.74, 6) is 0.548. The summed E-state index contributed by atoms with van der Waals surface area (Å²) in [7, 11) is 0. The fourth-order valence-electron chi connectivity index (χ4n) is 1.62. The van der Waals surface area contributed by atoms with Crippen LogP contribution in [-0.2, 0) is 4.74 Å². The van der Waals surface area contributed by atoms with Gasteiger partial charge in [-0.2, -0.15) is 4.37 Å². The highest BCUT2D eigenvalue weighted by molar-refractivity contribution is 7.15. The molecule has 2 heterocycles. The topological polar surface area (TPSA) is 73.1 Å². The predicted octanol–water partition coefficient (Wildman–Crippen LogP) is 3.00. The molecule has 0 aliphatic rings. The van der Waals surface area contributed by atoms with Gasteiger partial charge in [-0.3, -0.25) is 0 Å². The van der Waals surface area contributed by atoms with Crippen molar-refractivity contribution in [3.63, 3.8) is 0 Å². The molecule has 0 radical (unpaired) electrons. The van der Waals surface area contributed by atoms with E-state index >= 15 is 0 Å². The molecule has 0 amide bonds. The third kappa shape index (κ3) is 3.65. The van der Waals surface area contributed by atoms with Gasteiger partial charge in [0.2, 0.25) is 0 Å². The van der Waals surface area contributed by atoms with Crippen molar-refractivity contribution in [1.82, 2.24) is 9.36 Å². The van der Waals surface area contributed by atoms with Gasteiger partial charge in [-0.15, -0.1) is 11.3 Å². The smallest absolute Gasteiger partial charge is 0.149 e. The van der Waals surface area contributed by atoms with Crippen LogP contribution in [0.4, 0.5) is 10.8 Å². The Kier molecular flexibility index (Phi) is 5.12. The molecule has 0 bridgehead atoms. The lowest BCUT2D eigenvalue weighted by atomic mass is 10.3. The summed E-state index contributed by atoms with van der Waals surface area (Å²) in [6.07, 6.45) is 0.960. The van der Waals surface area contributed by atoms with Crippen molar-refractivity contribution >= 4 is 33.7 Å². The summed E-state index contributed by atoms with van der Waals surface area (Å²) in [5, 5.41) is 7.30. The zero-order valence-corrected chi connectivity index (χ0v) is 12.7. The van der Waals surface area contributed by atoms with Crippen molar-refractivity contribution in [3.8, 4) is 10.6 Å². The molecular formula is C12H18N4OS2. The van der Waals surface area contributed by atoms with E-state index in [9.17, 15) is 0 Å². The maximum atomic E-state index is 5.94. The molecule has 0 unspecified atom stereocenters. The number of nitrogen functional groups attached to an aromatic ring is 1. The van der Waals surface area contributed by atoms with E-state index < -0.39 is 0 Å². The number of nitrogens with zero attached hydrogens (tertiary/aromatic N) is 2. The fraction of sp³-hybridized carbons (Fsp3) is 0.500. The van der Waals surface area contributed by atoms with Gasteiger partial charge in [0.1, 0.15) is 15.8 Å². The molecule has 0 fully saturated rings. The Morgan fingerprint density at radius 1 is 1.47 bits per heavy atom. The normalized spacial score (nSPS) is 10.8. The van der Waals surface area contributed by atoms with Crippen molar-refractivity contribution in [2.75, 3.05) is 30.8 Å². The van der Waals surface area contributed by atoms with Gasteiger partial charge in [-0.25, -0.2) is 4.98 Å². The third-order valence-electron chi connectivity index (χ3n) is 2.51. The second-order valence-electron chi connectivity index (χ2n) is 4.04. The minimum absolute atomic E-state index is 0.548. The lowest BCUT2D eigenvalue weighted by Crippen LogP contribution is -2.05. The van der Waals surface area contributed by atoms with E-state index in [0.29, 0.717) is 5.82 Å². The zero-order valence-electron chi connectivity index (χ0n) is 11.1.